The van der Waals surface area contributed by atoms with Gasteiger partial charge in [0.15, 0.2) is 0 Å². The Kier molecular flexibility index (Phi) is 4.10. The molecular weight excluding hydrogens is 178 g/mol. The van der Waals surface area contributed by atoms with Gasteiger partial charge in [-0.3, -0.25) is 4.68 Å². The molecule has 1 atom stereocenters. The number of aromatic nitrogens is 2. The zero-order valence-electron chi connectivity index (χ0n) is 9.12. The van der Waals surface area contributed by atoms with E-state index in [1.807, 2.05) is 20.2 Å². The Hall–Kier alpha value is -0.870. The third-order valence-electron chi connectivity index (χ3n) is 2.28. The molecule has 0 aliphatic heterocycles. The lowest BCUT2D eigenvalue weighted by molar-refractivity contribution is 0.246. The van der Waals surface area contributed by atoms with E-state index in [2.05, 4.69) is 17.3 Å². The van der Waals surface area contributed by atoms with E-state index in [-0.39, 0.29) is 12.6 Å². The number of nitrogens with one attached hydrogen (secondary N) is 1. The molecule has 1 rings (SSSR count). The van der Waals surface area contributed by atoms with Crippen molar-refractivity contribution in [2.75, 3.05) is 13.2 Å². The highest BCUT2D eigenvalue weighted by Crippen LogP contribution is 2.16. The Labute approximate surface area is 84.9 Å². The largest absolute Gasteiger partial charge is 0.394 e. The highest BCUT2D eigenvalue weighted by atomic mass is 16.3. The quantitative estimate of drug-likeness (QED) is 0.727. The van der Waals surface area contributed by atoms with Crippen LogP contribution >= 0.6 is 0 Å². The summed E-state index contributed by atoms with van der Waals surface area (Å²) >= 11 is 0. The van der Waals surface area contributed by atoms with Crippen molar-refractivity contribution in [1.29, 1.82) is 0 Å². The fourth-order valence-electron chi connectivity index (χ4n) is 1.64. The number of hydrogen-bond acceptors (Lipinski definition) is 3. The monoisotopic (exact) mass is 197 g/mol. The molecule has 0 bridgehead atoms. The summed E-state index contributed by atoms with van der Waals surface area (Å²) in [6, 6.07) is 0.0173. The average molecular weight is 197 g/mol. The predicted octanol–water partition coefficient (Wildman–Crippen LogP) is 0.625. The number of aryl methyl sites for hydroxylation is 2. The summed E-state index contributed by atoms with van der Waals surface area (Å²) in [5.74, 6) is 0. The maximum absolute atomic E-state index is 9.24. The third-order valence-corrected chi connectivity index (χ3v) is 2.28. The minimum atomic E-state index is 0.0173. The first-order valence-electron chi connectivity index (χ1n) is 5.09. The second-order valence-electron chi connectivity index (χ2n) is 3.35. The van der Waals surface area contributed by atoms with Crippen LogP contribution in [0.5, 0.6) is 0 Å². The molecule has 0 saturated heterocycles. The summed E-state index contributed by atoms with van der Waals surface area (Å²) in [6.45, 7) is 5.08. The normalized spacial score (nSPS) is 13.1. The van der Waals surface area contributed by atoms with Gasteiger partial charge in [-0.25, -0.2) is 0 Å². The van der Waals surface area contributed by atoms with Crippen LogP contribution < -0.4 is 5.32 Å². The fraction of sp³-hybridized carbons (Fsp3) is 0.700. The van der Waals surface area contributed by atoms with E-state index in [1.165, 1.54) is 0 Å². The zero-order chi connectivity index (χ0) is 10.6. The number of nitrogens with zero attached hydrogens (tertiary/aromatic N) is 2. The minimum absolute atomic E-state index is 0.0173. The van der Waals surface area contributed by atoms with Crippen molar-refractivity contribution in [2.24, 2.45) is 7.05 Å². The summed E-state index contributed by atoms with van der Waals surface area (Å²) < 4.78 is 1.80. The van der Waals surface area contributed by atoms with E-state index in [4.69, 9.17) is 0 Å². The van der Waals surface area contributed by atoms with E-state index < -0.39 is 0 Å². The molecule has 2 N–H and O–H groups in total. The van der Waals surface area contributed by atoms with Crippen LogP contribution in [0.15, 0.2) is 6.20 Å². The second-order valence-corrected chi connectivity index (χ2v) is 3.35. The Morgan fingerprint density at radius 3 is 2.79 bits per heavy atom. The maximum atomic E-state index is 9.24. The zero-order valence-corrected chi connectivity index (χ0v) is 9.12. The number of hydrogen-bond donors (Lipinski definition) is 2. The molecule has 0 radical (unpaired) electrons. The van der Waals surface area contributed by atoms with Crippen molar-refractivity contribution in [3.05, 3.63) is 17.5 Å². The molecular formula is C10H19N3O. The van der Waals surface area contributed by atoms with Crippen molar-refractivity contribution >= 4 is 0 Å². The summed E-state index contributed by atoms with van der Waals surface area (Å²) in [5, 5.41) is 16.8. The average Bonchev–Trinajstić information content (AvgIpc) is 2.55. The molecule has 0 fully saturated rings. The molecule has 0 aromatic carbocycles. The standard InChI is InChI=1S/C10H19N3O/c1-4-9-8(6-13(3)12-9)10(7-14)11-5-2/h6,10-11,14H,4-5,7H2,1-3H3. The minimum Gasteiger partial charge on any atom is -0.394 e. The molecule has 0 aliphatic carbocycles. The molecule has 0 spiro atoms. The van der Waals surface area contributed by atoms with Crippen LogP contribution in [-0.4, -0.2) is 28.0 Å². The van der Waals surface area contributed by atoms with Gasteiger partial charge in [0.2, 0.25) is 0 Å². The van der Waals surface area contributed by atoms with E-state index in [1.54, 1.807) is 4.68 Å². The molecule has 1 heterocycles. The fourth-order valence-corrected chi connectivity index (χ4v) is 1.64. The lowest BCUT2D eigenvalue weighted by Gasteiger charge is -2.14. The molecule has 1 aromatic heterocycles. The molecule has 4 heteroatoms. The van der Waals surface area contributed by atoms with Crippen molar-refractivity contribution in [3.8, 4) is 0 Å². The van der Waals surface area contributed by atoms with E-state index in [0.717, 1.165) is 24.2 Å². The van der Waals surface area contributed by atoms with Gasteiger partial charge in [-0.15, -0.1) is 0 Å². The van der Waals surface area contributed by atoms with Crippen LogP contribution in [0.4, 0.5) is 0 Å². The van der Waals surface area contributed by atoms with Gasteiger partial charge in [0.25, 0.3) is 0 Å². The van der Waals surface area contributed by atoms with Gasteiger partial charge in [0.05, 0.1) is 18.3 Å². The molecule has 1 unspecified atom stereocenters. The maximum Gasteiger partial charge on any atom is 0.0670 e. The summed E-state index contributed by atoms with van der Waals surface area (Å²) in [7, 11) is 1.91. The Balaban J connectivity index is 2.89. The van der Waals surface area contributed by atoms with Crippen LogP contribution in [0.1, 0.15) is 31.1 Å². The Bertz CT molecular complexity index is 283. The van der Waals surface area contributed by atoms with E-state index in [9.17, 15) is 5.11 Å². The Morgan fingerprint density at radius 2 is 2.29 bits per heavy atom. The predicted molar refractivity (Wildman–Crippen MR) is 56.1 cm³/mol. The van der Waals surface area contributed by atoms with Crippen LogP contribution in [0.2, 0.25) is 0 Å². The van der Waals surface area contributed by atoms with Gasteiger partial charge < -0.3 is 10.4 Å². The smallest absolute Gasteiger partial charge is 0.0670 e. The molecule has 0 saturated carbocycles. The van der Waals surface area contributed by atoms with E-state index >= 15 is 0 Å². The van der Waals surface area contributed by atoms with Gasteiger partial charge in [0.1, 0.15) is 0 Å². The molecule has 0 amide bonds. The summed E-state index contributed by atoms with van der Waals surface area (Å²) in [5.41, 5.74) is 2.17. The van der Waals surface area contributed by atoms with Crippen LogP contribution in [-0.2, 0) is 13.5 Å². The number of aliphatic hydroxyl groups is 1. The molecule has 14 heavy (non-hydrogen) atoms. The lowest BCUT2D eigenvalue weighted by atomic mass is 10.1. The van der Waals surface area contributed by atoms with Gasteiger partial charge in [0, 0.05) is 18.8 Å². The highest BCUT2D eigenvalue weighted by Gasteiger charge is 2.15. The van der Waals surface area contributed by atoms with Crippen LogP contribution in [0.3, 0.4) is 0 Å². The third kappa shape index (κ3) is 2.33. The molecule has 0 aliphatic rings. The highest BCUT2D eigenvalue weighted by molar-refractivity contribution is 5.21. The summed E-state index contributed by atoms with van der Waals surface area (Å²) in [4.78, 5) is 0. The van der Waals surface area contributed by atoms with Crippen LogP contribution in [0.25, 0.3) is 0 Å². The van der Waals surface area contributed by atoms with Gasteiger partial charge in [-0.2, -0.15) is 5.10 Å². The molecule has 4 nitrogen and oxygen atoms in total. The first kappa shape index (κ1) is 11.2. The second kappa shape index (κ2) is 5.12. The lowest BCUT2D eigenvalue weighted by Crippen LogP contribution is -2.24. The van der Waals surface area contributed by atoms with Gasteiger partial charge in [-0.05, 0) is 13.0 Å². The summed E-state index contributed by atoms with van der Waals surface area (Å²) in [6.07, 6.45) is 2.88. The topological polar surface area (TPSA) is 50.1 Å². The first-order chi connectivity index (χ1) is 6.72. The number of likely N-dealkylation sites (N-methyl/N-ethyl adjacent to an activating group) is 1. The molecule has 1 aromatic rings. The van der Waals surface area contributed by atoms with Crippen molar-refractivity contribution < 1.29 is 5.11 Å². The first-order valence-corrected chi connectivity index (χ1v) is 5.09. The number of aliphatic hydroxyl groups excluding tert-OH is 1. The van der Waals surface area contributed by atoms with Gasteiger partial charge >= 0.3 is 0 Å². The molecule has 80 valence electrons. The van der Waals surface area contributed by atoms with Crippen molar-refractivity contribution in [1.82, 2.24) is 15.1 Å². The Morgan fingerprint density at radius 1 is 1.57 bits per heavy atom. The SMILES string of the molecule is CCNC(CO)c1cn(C)nc1CC. The van der Waals surface area contributed by atoms with E-state index in [0.29, 0.717) is 0 Å². The van der Waals surface area contributed by atoms with Crippen LogP contribution in [0, 0.1) is 0 Å². The number of rotatable bonds is 5. The van der Waals surface area contributed by atoms with Crippen molar-refractivity contribution in [2.45, 2.75) is 26.3 Å². The van der Waals surface area contributed by atoms with Gasteiger partial charge in [-0.1, -0.05) is 13.8 Å². The van der Waals surface area contributed by atoms with Crippen molar-refractivity contribution in [3.63, 3.8) is 0 Å².